The fraction of sp³-hybridized carbons (Fsp3) is 0.750. The van der Waals surface area contributed by atoms with Crippen molar-refractivity contribution < 1.29 is 14.3 Å². The van der Waals surface area contributed by atoms with Gasteiger partial charge in [-0.05, 0) is 18.8 Å². The molecular weight excluding hydrogens is 192 g/mol. The molecule has 3 heteroatoms. The Morgan fingerprint density at radius 2 is 2.20 bits per heavy atom. The van der Waals surface area contributed by atoms with Gasteiger partial charge in [0.05, 0.1) is 0 Å². The number of methoxy groups -OCH3 is 2. The first-order valence-corrected chi connectivity index (χ1v) is 5.40. The summed E-state index contributed by atoms with van der Waals surface area (Å²) in [6.07, 6.45) is 5.54. The standard InChI is InChI=1S/C12H18O3/c1-12-5-4-8(6-10(12)13)9(12)7-11(14-2)15-3/h4-5,8-9,11H,6-7H2,1-3H3/t8-,9+,12-/m1/s1. The number of carbonyl (C=O) groups is 1. The van der Waals surface area contributed by atoms with Gasteiger partial charge in [0.25, 0.3) is 0 Å². The maximum absolute atomic E-state index is 11.8. The topological polar surface area (TPSA) is 35.5 Å². The molecule has 2 rings (SSSR count). The van der Waals surface area contributed by atoms with Crippen LogP contribution in [-0.2, 0) is 14.3 Å². The fourth-order valence-electron chi connectivity index (χ4n) is 2.89. The van der Waals surface area contributed by atoms with E-state index in [4.69, 9.17) is 9.47 Å². The first-order chi connectivity index (χ1) is 7.11. The van der Waals surface area contributed by atoms with Crippen molar-refractivity contribution in [2.45, 2.75) is 26.1 Å². The Kier molecular flexibility index (Phi) is 2.69. The van der Waals surface area contributed by atoms with Crippen molar-refractivity contribution in [1.29, 1.82) is 0 Å². The molecule has 1 saturated carbocycles. The van der Waals surface area contributed by atoms with E-state index in [2.05, 4.69) is 12.2 Å². The average Bonchev–Trinajstić information content (AvgIpc) is 2.65. The normalized spacial score (nSPS) is 38.3. The highest BCUT2D eigenvalue weighted by molar-refractivity contribution is 5.91. The van der Waals surface area contributed by atoms with Crippen LogP contribution in [0.3, 0.4) is 0 Å². The van der Waals surface area contributed by atoms with Crippen molar-refractivity contribution in [2.24, 2.45) is 17.3 Å². The van der Waals surface area contributed by atoms with Gasteiger partial charge >= 0.3 is 0 Å². The molecule has 0 aliphatic heterocycles. The zero-order valence-electron chi connectivity index (χ0n) is 9.53. The molecule has 0 unspecified atom stereocenters. The number of Topliss-reactive ketones (excluding diaryl/α,β-unsaturated/α-hetero) is 1. The predicted molar refractivity (Wildman–Crippen MR) is 56.3 cm³/mol. The molecule has 15 heavy (non-hydrogen) atoms. The van der Waals surface area contributed by atoms with Gasteiger partial charge in [-0.1, -0.05) is 12.2 Å². The Balaban J connectivity index is 2.10. The molecule has 0 N–H and O–H groups in total. The molecule has 0 radical (unpaired) electrons. The third kappa shape index (κ3) is 1.54. The maximum Gasteiger partial charge on any atom is 0.157 e. The lowest BCUT2D eigenvalue weighted by molar-refractivity contribution is -0.129. The number of rotatable bonds is 4. The number of hydrogen-bond acceptors (Lipinski definition) is 3. The number of ether oxygens (including phenoxy) is 2. The second-order valence-electron chi connectivity index (χ2n) is 4.68. The molecule has 2 bridgehead atoms. The van der Waals surface area contributed by atoms with Crippen LogP contribution in [0.15, 0.2) is 12.2 Å². The van der Waals surface area contributed by atoms with Gasteiger partial charge < -0.3 is 9.47 Å². The molecule has 2 aliphatic carbocycles. The van der Waals surface area contributed by atoms with Crippen LogP contribution in [0.5, 0.6) is 0 Å². The number of allylic oxidation sites excluding steroid dienone is 2. The quantitative estimate of drug-likeness (QED) is 0.524. The van der Waals surface area contributed by atoms with Gasteiger partial charge in [0.2, 0.25) is 0 Å². The van der Waals surface area contributed by atoms with Crippen molar-refractivity contribution >= 4 is 5.78 Å². The van der Waals surface area contributed by atoms with E-state index in [1.54, 1.807) is 14.2 Å². The Morgan fingerprint density at radius 1 is 1.53 bits per heavy atom. The van der Waals surface area contributed by atoms with Crippen LogP contribution in [0.1, 0.15) is 19.8 Å². The summed E-state index contributed by atoms with van der Waals surface area (Å²) in [5.41, 5.74) is -0.264. The fourth-order valence-corrected chi connectivity index (χ4v) is 2.89. The predicted octanol–water partition coefficient (Wildman–Crippen LogP) is 1.78. The van der Waals surface area contributed by atoms with E-state index in [1.165, 1.54) is 0 Å². The lowest BCUT2D eigenvalue weighted by Crippen LogP contribution is -2.29. The largest absolute Gasteiger partial charge is 0.356 e. The van der Waals surface area contributed by atoms with Crippen LogP contribution in [0.4, 0.5) is 0 Å². The van der Waals surface area contributed by atoms with E-state index in [1.807, 2.05) is 6.92 Å². The summed E-state index contributed by atoms with van der Waals surface area (Å²) in [6.45, 7) is 2.03. The monoisotopic (exact) mass is 210 g/mol. The highest BCUT2D eigenvalue weighted by Crippen LogP contribution is 2.53. The van der Waals surface area contributed by atoms with E-state index in [9.17, 15) is 4.79 Å². The number of carbonyl (C=O) groups excluding carboxylic acids is 1. The van der Waals surface area contributed by atoms with Crippen LogP contribution in [0.2, 0.25) is 0 Å². The van der Waals surface area contributed by atoms with E-state index in [-0.39, 0.29) is 11.7 Å². The molecule has 1 fully saturated rings. The highest BCUT2D eigenvalue weighted by atomic mass is 16.7. The van der Waals surface area contributed by atoms with Gasteiger partial charge in [0.15, 0.2) is 6.29 Å². The van der Waals surface area contributed by atoms with E-state index in [0.717, 1.165) is 6.42 Å². The number of fused-ring (bicyclic) bond motifs is 2. The van der Waals surface area contributed by atoms with Gasteiger partial charge in [-0.15, -0.1) is 0 Å². The van der Waals surface area contributed by atoms with E-state index < -0.39 is 0 Å². The van der Waals surface area contributed by atoms with Crippen LogP contribution >= 0.6 is 0 Å². The summed E-state index contributed by atoms with van der Waals surface area (Å²) in [7, 11) is 3.28. The molecule has 0 aromatic heterocycles. The Labute approximate surface area is 90.4 Å². The summed E-state index contributed by atoms with van der Waals surface area (Å²) in [5.74, 6) is 1.12. The van der Waals surface area contributed by atoms with Crippen molar-refractivity contribution in [3.05, 3.63) is 12.2 Å². The lowest BCUT2D eigenvalue weighted by Gasteiger charge is -2.27. The second kappa shape index (κ2) is 3.72. The molecular formula is C12H18O3. The maximum atomic E-state index is 11.8. The van der Waals surface area contributed by atoms with Gasteiger partial charge in [0.1, 0.15) is 5.78 Å². The minimum Gasteiger partial charge on any atom is -0.356 e. The molecule has 0 heterocycles. The highest BCUT2D eigenvalue weighted by Gasteiger charge is 2.53. The van der Waals surface area contributed by atoms with Crippen molar-refractivity contribution in [3.8, 4) is 0 Å². The molecule has 0 aromatic carbocycles. The first-order valence-electron chi connectivity index (χ1n) is 5.40. The second-order valence-corrected chi connectivity index (χ2v) is 4.68. The third-order valence-electron chi connectivity index (χ3n) is 3.97. The van der Waals surface area contributed by atoms with Gasteiger partial charge in [-0.25, -0.2) is 0 Å². The number of hydrogen-bond donors (Lipinski definition) is 0. The van der Waals surface area contributed by atoms with Gasteiger partial charge in [-0.2, -0.15) is 0 Å². The molecule has 84 valence electrons. The minimum atomic E-state index is -0.264. The summed E-state index contributed by atoms with van der Waals surface area (Å²) < 4.78 is 10.4. The van der Waals surface area contributed by atoms with Crippen molar-refractivity contribution in [2.75, 3.05) is 14.2 Å². The molecule has 0 aromatic rings. The lowest BCUT2D eigenvalue weighted by atomic mass is 9.79. The summed E-state index contributed by atoms with van der Waals surface area (Å²) in [4.78, 5) is 11.8. The zero-order chi connectivity index (χ0) is 11.1. The molecule has 2 aliphatic rings. The summed E-state index contributed by atoms with van der Waals surface area (Å²) in [6, 6.07) is 0. The minimum absolute atomic E-state index is 0.192. The summed E-state index contributed by atoms with van der Waals surface area (Å²) in [5, 5.41) is 0. The van der Waals surface area contributed by atoms with Crippen molar-refractivity contribution in [1.82, 2.24) is 0 Å². The first kappa shape index (κ1) is 10.8. The molecule has 3 nitrogen and oxygen atoms in total. The molecule has 0 saturated heterocycles. The zero-order valence-corrected chi connectivity index (χ0v) is 9.53. The number of ketones is 1. The van der Waals surface area contributed by atoms with Crippen LogP contribution in [0, 0.1) is 17.3 Å². The third-order valence-corrected chi connectivity index (χ3v) is 3.97. The van der Waals surface area contributed by atoms with Gasteiger partial charge in [0, 0.05) is 32.5 Å². The smallest absolute Gasteiger partial charge is 0.157 e. The SMILES string of the molecule is COC(C[C@H]1[C@@H]2C=C[C@@]1(C)C(=O)C2)OC. The van der Waals surface area contributed by atoms with Crippen molar-refractivity contribution in [3.63, 3.8) is 0 Å². The van der Waals surface area contributed by atoms with Crippen LogP contribution in [0.25, 0.3) is 0 Å². The van der Waals surface area contributed by atoms with E-state index >= 15 is 0 Å². The Bertz CT molecular complexity index is 293. The summed E-state index contributed by atoms with van der Waals surface area (Å²) >= 11 is 0. The Hall–Kier alpha value is -0.670. The molecule has 3 atom stereocenters. The van der Waals surface area contributed by atoms with Gasteiger partial charge in [-0.3, -0.25) is 4.79 Å². The van der Waals surface area contributed by atoms with E-state index in [0.29, 0.717) is 24.0 Å². The molecule has 0 amide bonds. The van der Waals surface area contributed by atoms with Crippen LogP contribution < -0.4 is 0 Å². The molecule has 0 spiro atoms. The Morgan fingerprint density at radius 3 is 2.60 bits per heavy atom. The average molecular weight is 210 g/mol. The van der Waals surface area contributed by atoms with Crippen LogP contribution in [-0.4, -0.2) is 26.3 Å².